The third-order valence-corrected chi connectivity index (χ3v) is 4.36. The maximum absolute atomic E-state index is 10.7. The molecular weight excluding hydrogens is 418 g/mol. The van der Waals surface area contributed by atoms with Crippen molar-refractivity contribution >= 4 is 79.9 Å². The molecule has 8 nitrogen and oxygen atoms in total. The van der Waals surface area contributed by atoms with Gasteiger partial charge in [-0.05, 0) is 35.4 Å². The van der Waals surface area contributed by atoms with Crippen LogP contribution in [0.2, 0.25) is 0 Å². The van der Waals surface area contributed by atoms with Crippen molar-refractivity contribution in [1.82, 2.24) is 0 Å². The van der Waals surface area contributed by atoms with Gasteiger partial charge in [0.15, 0.2) is 0 Å². The first-order valence-corrected chi connectivity index (χ1v) is 9.65. The molecule has 0 saturated carbocycles. The van der Waals surface area contributed by atoms with Crippen molar-refractivity contribution in [3.63, 3.8) is 0 Å². The molecule has 0 aliphatic carbocycles. The molecule has 0 saturated heterocycles. The molecule has 0 amide bonds. The molecule has 2 aromatic carbocycles. The zero-order chi connectivity index (χ0) is 18.9. The summed E-state index contributed by atoms with van der Waals surface area (Å²) in [5.41, 5.74) is 1.13. The van der Waals surface area contributed by atoms with Crippen LogP contribution in [-0.4, -0.2) is 85.1 Å². The monoisotopic (exact) mass is 434 g/mol. The van der Waals surface area contributed by atoms with Crippen LogP contribution in [0.4, 0.5) is 0 Å². The first-order chi connectivity index (χ1) is 11.4. The molecule has 0 aliphatic heterocycles. The molecule has 0 aliphatic rings. The summed E-state index contributed by atoms with van der Waals surface area (Å²) in [6, 6.07) is 12.2. The molecule has 0 aromatic heterocycles. The summed E-state index contributed by atoms with van der Waals surface area (Å²) in [5.74, 6) is -0.0575. The maximum Gasteiger partial charge on any atom is 0.446 e. The van der Waals surface area contributed by atoms with E-state index in [4.69, 9.17) is 9.11 Å². The van der Waals surface area contributed by atoms with Crippen molar-refractivity contribution in [3.8, 4) is 11.5 Å². The van der Waals surface area contributed by atoms with Crippen molar-refractivity contribution in [2.75, 3.05) is 0 Å². The largest absolute Gasteiger partial charge is 0.446 e. The second-order valence-corrected chi connectivity index (χ2v) is 7.74. The van der Waals surface area contributed by atoms with Crippen LogP contribution in [0, 0.1) is 0 Å². The Labute approximate surface area is 202 Å². The summed E-state index contributed by atoms with van der Waals surface area (Å²) in [6.45, 7) is 3.81. The summed E-state index contributed by atoms with van der Waals surface area (Å²) in [7, 11) is -9.16. The fraction of sp³-hybridized carbons (Fsp3) is 0.200. The average Bonchev–Trinajstić information content (AvgIpc) is 2.45. The molecule has 2 radical (unpaired) electrons. The summed E-state index contributed by atoms with van der Waals surface area (Å²) in [6.07, 6.45) is 0. The second kappa shape index (κ2) is 10.1. The van der Waals surface area contributed by atoms with Gasteiger partial charge in [-0.25, -0.2) is 0 Å². The van der Waals surface area contributed by atoms with E-state index in [-0.39, 0.29) is 70.6 Å². The topological polar surface area (TPSA) is 127 Å². The van der Waals surface area contributed by atoms with Crippen molar-refractivity contribution in [3.05, 3.63) is 59.7 Å². The molecule has 2 aromatic rings. The van der Waals surface area contributed by atoms with Crippen LogP contribution >= 0.6 is 0 Å². The van der Waals surface area contributed by atoms with Crippen molar-refractivity contribution in [2.45, 2.75) is 19.3 Å². The molecule has 0 atom stereocenters. The van der Waals surface area contributed by atoms with Gasteiger partial charge in [-0.3, -0.25) is 9.11 Å². The van der Waals surface area contributed by atoms with Gasteiger partial charge >= 0.3 is 20.8 Å². The van der Waals surface area contributed by atoms with E-state index >= 15 is 0 Å². The van der Waals surface area contributed by atoms with E-state index in [1.54, 1.807) is 24.3 Å². The second-order valence-electron chi connectivity index (χ2n) is 5.70. The molecule has 12 heteroatoms. The Kier molecular flexibility index (Phi) is 10.0. The molecular formula is C15H16Na2O8S2. The third kappa shape index (κ3) is 8.40. The molecule has 0 heterocycles. The normalized spacial score (nSPS) is 11.7. The first-order valence-electron chi connectivity index (χ1n) is 6.92. The minimum Gasteiger partial charge on any atom is -0.362 e. The number of rotatable bonds is 6. The average molecular weight is 434 g/mol. The summed E-state index contributed by atoms with van der Waals surface area (Å²) < 4.78 is 68.8. The quantitative estimate of drug-likeness (QED) is 0.519. The standard InChI is InChI=1S/C15H16O8S2.2Na/c1-15(2,11-3-7-13(8-4-11)22-24(16,17)18)12-5-9-14(10-6-12)23-25(19,20)21;;/h3-10H,1-2H3,(H,16,17,18)(H,19,20,21);;. The number of hydrogen-bond donors (Lipinski definition) is 2. The summed E-state index contributed by atoms with van der Waals surface area (Å²) in [5, 5.41) is 0. The van der Waals surface area contributed by atoms with Crippen LogP contribution in [0.3, 0.4) is 0 Å². The Morgan fingerprint density at radius 1 is 0.667 bits per heavy atom. The van der Waals surface area contributed by atoms with Gasteiger partial charge in [0.1, 0.15) is 11.5 Å². The van der Waals surface area contributed by atoms with Gasteiger partial charge in [0, 0.05) is 64.5 Å². The van der Waals surface area contributed by atoms with E-state index in [2.05, 4.69) is 8.37 Å². The SMILES string of the molecule is CC(C)(c1ccc(OS(=O)(=O)O)cc1)c1ccc(OS(=O)(=O)O)cc1.[Na].[Na]. The predicted octanol–water partition coefficient (Wildman–Crippen LogP) is 1.61. The minimum absolute atomic E-state index is 0. The van der Waals surface area contributed by atoms with E-state index < -0.39 is 26.2 Å². The smallest absolute Gasteiger partial charge is 0.362 e. The first kappa shape index (κ1) is 26.9. The minimum atomic E-state index is -4.58. The fourth-order valence-corrected chi connectivity index (χ4v) is 2.97. The van der Waals surface area contributed by atoms with Crippen LogP contribution in [0.5, 0.6) is 11.5 Å². The van der Waals surface area contributed by atoms with E-state index in [1.807, 2.05) is 13.8 Å². The Balaban J connectivity index is 0.00000338. The van der Waals surface area contributed by atoms with Gasteiger partial charge in [-0.15, -0.1) is 0 Å². The predicted molar refractivity (Wildman–Crippen MR) is 101 cm³/mol. The Hall–Kier alpha value is -0.140. The number of benzene rings is 2. The van der Waals surface area contributed by atoms with E-state index in [0.717, 1.165) is 11.1 Å². The van der Waals surface area contributed by atoms with Crippen molar-refractivity contribution in [2.24, 2.45) is 0 Å². The third-order valence-electron chi connectivity index (χ3n) is 3.56. The molecule has 0 bridgehead atoms. The van der Waals surface area contributed by atoms with Crippen molar-refractivity contribution in [1.29, 1.82) is 0 Å². The molecule has 138 valence electrons. The Bertz CT molecular complexity index is 874. The van der Waals surface area contributed by atoms with Crippen LogP contribution in [0.1, 0.15) is 25.0 Å². The molecule has 2 rings (SSSR count). The van der Waals surface area contributed by atoms with E-state index in [0.29, 0.717) is 0 Å². The zero-order valence-corrected chi connectivity index (χ0v) is 20.9. The fourth-order valence-electron chi connectivity index (χ4n) is 2.26. The van der Waals surface area contributed by atoms with Crippen LogP contribution in [-0.2, 0) is 26.2 Å². The molecule has 0 fully saturated rings. The summed E-state index contributed by atoms with van der Waals surface area (Å²) >= 11 is 0. The number of hydrogen-bond acceptors (Lipinski definition) is 6. The molecule has 0 spiro atoms. The van der Waals surface area contributed by atoms with Crippen LogP contribution in [0.25, 0.3) is 0 Å². The molecule has 0 unspecified atom stereocenters. The molecule has 2 N–H and O–H groups in total. The van der Waals surface area contributed by atoms with E-state index in [9.17, 15) is 16.8 Å². The van der Waals surface area contributed by atoms with Gasteiger partial charge in [0.25, 0.3) is 0 Å². The van der Waals surface area contributed by atoms with Crippen LogP contribution in [0.15, 0.2) is 48.5 Å². The Morgan fingerprint density at radius 3 is 1.15 bits per heavy atom. The maximum atomic E-state index is 10.7. The zero-order valence-electron chi connectivity index (χ0n) is 15.3. The molecule has 27 heavy (non-hydrogen) atoms. The van der Waals surface area contributed by atoms with Gasteiger partial charge < -0.3 is 8.37 Å². The summed E-state index contributed by atoms with van der Waals surface area (Å²) in [4.78, 5) is 0. The van der Waals surface area contributed by atoms with E-state index in [1.165, 1.54) is 24.3 Å². The Morgan fingerprint density at radius 2 is 0.926 bits per heavy atom. The van der Waals surface area contributed by atoms with Gasteiger partial charge in [0.05, 0.1) is 0 Å². The van der Waals surface area contributed by atoms with Crippen molar-refractivity contribution < 1.29 is 34.3 Å². The van der Waals surface area contributed by atoms with Gasteiger partial charge in [-0.2, -0.15) is 16.8 Å². The van der Waals surface area contributed by atoms with Crippen LogP contribution < -0.4 is 8.37 Å². The van der Waals surface area contributed by atoms with Gasteiger partial charge in [0.2, 0.25) is 0 Å². The van der Waals surface area contributed by atoms with Gasteiger partial charge in [-0.1, -0.05) is 38.1 Å².